The molecule has 30 heteroatoms. The molecule has 0 unspecified atom stereocenters. The summed E-state index contributed by atoms with van der Waals surface area (Å²) in [5.41, 5.74) is 11.3. The maximum Gasteiger partial charge on any atom is 0.328 e. The molecule has 0 aromatic heterocycles. The number of primary amides is 1. The molecule has 12 atom stereocenters. The Morgan fingerprint density at radius 2 is 0.919 bits per heavy atom. The van der Waals surface area contributed by atoms with E-state index in [2.05, 4.69) is 47.9 Å². The molecule has 86 heavy (non-hydrogen) atoms. The molecule has 12 amide bonds. The summed E-state index contributed by atoms with van der Waals surface area (Å²) >= 11 is 0. The van der Waals surface area contributed by atoms with E-state index in [-0.39, 0.29) is 87.6 Å². The number of nitrogens with one attached hydrogen (secondary N) is 9. The average molecular weight is 1220 g/mol. The molecule has 0 aromatic carbocycles. The summed E-state index contributed by atoms with van der Waals surface area (Å²) in [6.45, 7) is 16.5. The molecule has 0 spiro atoms. The Hall–Kier alpha value is -7.05. The fourth-order valence-electron chi connectivity index (χ4n) is 9.83. The molecule has 2 aliphatic rings. The van der Waals surface area contributed by atoms with E-state index < -0.39 is 176 Å². The Morgan fingerprint density at radius 3 is 1.37 bits per heavy atom. The fraction of sp³-hybridized carbons (Fsp3) is 0.768. The topological polar surface area (TPSA) is 470 Å². The Morgan fingerprint density at radius 1 is 0.500 bits per heavy atom. The predicted molar refractivity (Wildman–Crippen MR) is 310 cm³/mol. The first-order valence-electron chi connectivity index (χ1n) is 29.6. The van der Waals surface area contributed by atoms with Crippen molar-refractivity contribution in [1.29, 1.82) is 0 Å². The summed E-state index contributed by atoms with van der Waals surface area (Å²) in [5, 5.41) is 62.0. The number of nitrogens with two attached hydrogens (primary N) is 2. The molecular weight excluding hydrogens is 1130 g/mol. The molecule has 17 N–H and O–H groups in total. The van der Waals surface area contributed by atoms with Gasteiger partial charge in [0.15, 0.2) is 0 Å². The van der Waals surface area contributed by atoms with Crippen LogP contribution in [0.5, 0.6) is 0 Å². The number of nitrogens with zero attached hydrogens (tertiary/aromatic N) is 2. The minimum atomic E-state index is -1.70. The first kappa shape index (κ1) is 75.0. The number of likely N-dealkylation sites (tertiary alicyclic amines) is 2. The van der Waals surface area contributed by atoms with E-state index in [9.17, 15) is 82.8 Å². The van der Waals surface area contributed by atoms with Crippen LogP contribution < -0.4 is 59.3 Å². The third-order valence-electron chi connectivity index (χ3n) is 14.5. The van der Waals surface area contributed by atoms with E-state index in [1.165, 1.54) is 16.7 Å². The molecule has 30 nitrogen and oxygen atoms in total. The number of amides is 12. The van der Waals surface area contributed by atoms with Crippen molar-refractivity contribution in [1.82, 2.24) is 57.7 Å². The van der Waals surface area contributed by atoms with Crippen molar-refractivity contribution in [3.63, 3.8) is 0 Å². The summed E-state index contributed by atoms with van der Waals surface area (Å²) < 4.78 is 0. The lowest BCUT2D eigenvalue weighted by Crippen LogP contribution is -2.61. The molecule has 2 fully saturated rings. The van der Waals surface area contributed by atoms with E-state index >= 15 is 0 Å². The van der Waals surface area contributed by atoms with Gasteiger partial charge >= 0.3 is 5.97 Å². The van der Waals surface area contributed by atoms with Crippen LogP contribution in [-0.4, -0.2) is 212 Å². The zero-order valence-corrected chi connectivity index (χ0v) is 51.6. The lowest BCUT2D eigenvalue weighted by molar-refractivity contribution is -0.148. The second kappa shape index (κ2) is 36.2. The fourth-order valence-corrected chi connectivity index (χ4v) is 9.83. The van der Waals surface area contributed by atoms with Gasteiger partial charge in [0.05, 0.1) is 31.9 Å². The molecule has 488 valence electrons. The zero-order valence-electron chi connectivity index (χ0n) is 51.6. The first-order valence-corrected chi connectivity index (χ1v) is 29.6. The van der Waals surface area contributed by atoms with Gasteiger partial charge in [-0.2, -0.15) is 0 Å². The third kappa shape index (κ3) is 24.4. The Kier molecular flexibility index (Phi) is 31.6. The molecule has 0 aliphatic carbocycles. The third-order valence-corrected chi connectivity index (χ3v) is 14.5. The van der Waals surface area contributed by atoms with Gasteiger partial charge in [-0.05, 0) is 94.3 Å². The molecule has 2 heterocycles. The van der Waals surface area contributed by atoms with E-state index in [0.717, 1.165) is 0 Å². The van der Waals surface area contributed by atoms with Crippen molar-refractivity contribution in [2.75, 3.05) is 32.8 Å². The highest BCUT2D eigenvalue weighted by molar-refractivity contribution is 5.99. The summed E-state index contributed by atoms with van der Waals surface area (Å²) in [7, 11) is 0. The zero-order chi connectivity index (χ0) is 65.4. The number of carboxylic acids is 1. The Labute approximate surface area is 502 Å². The van der Waals surface area contributed by atoms with Crippen LogP contribution in [0.25, 0.3) is 0 Å². The molecule has 2 aliphatic heterocycles. The maximum atomic E-state index is 14.2. The van der Waals surface area contributed by atoms with Gasteiger partial charge in [0.25, 0.3) is 0 Å². The largest absolute Gasteiger partial charge is 0.480 e. The highest BCUT2D eigenvalue weighted by Gasteiger charge is 2.45. The van der Waals surface area contributed by atoms with Crippen molar-refractivity contribution in [2.45, 2.75) is 213 Å². The summed E-state index contributed by atoms with van der Waals surface area (Å²) in [4.78, 5) is 177. The quantitative estimate of drug-likeness (QED) is 0.0283. The van der Waals surface area contributed by atoms with Gasteiger partial charge in [0.2, 0.25) is 70.9 Å². The number of hydrogen-bond acceptors (Lipinski definition) is 17. The van der Waals surface area contributed by atoms with Crippen LogP contribution in [0.1, 0.15) is 140 Å². The number of hydrogen-bond donors (Lipinski definition) is 15. The smallest absolute Gasteiger partial charge is 0.328 e. The highest BCUT2D eigenvalue weighted by atomic mass is 16.4. The average Bonchev–Trinajstić information content (AvgIpc) is 2.13. The van der Waals surface area contributed by atoms with Crippen LogP contribution in [0.4, 0.5) is 0 Å². The highest BCUT2D eigenvalue weighted by Crippen LogP contribution is 2.26. The van der Waals surface area contributed by atoms with Gasteiger partial charge in [0.1, 0.15) is 60.4 Å². The number of carbonyl (C=O) groups is 13. The van der Waals surface area contributed by atoms with E-state index in [4.69, 9.17) is 11.5 Å². The molecule has 0 aromatic rings. The van der Waals surface area contributed by atoms with Crippen molar-refractivity contribution >= 4 is 76.9 Å². The number of aliphatic hydroxyl groups is 3. The second-order valence-corrected chi connectivity index (χ2v) is 24.3. The van der Waals surface area contributed by atoms with Crippen LogP contribution in [0, 0.1) is 29.6 Å². The number of carboxylic acid groups (broad SMARTS) is 1. The van der Waals surface area contributed by atoms with Gasteiger partial charge in [-0.1, -0.05) is 69.2 Å². The van der Waals surface area contributed by atoms with Gasteiger partial charge in [-0.3, -0.25) is 57.5 Å². The normalized spacial score (nSPS) is 18.6. The minimum absolute atomic E-state index is 0.0103. The molecular formula is C56H97N13O17. The van der Waals surface area contributed by atoms with E-state index in [1.807, 2.05) is 0 Å². The van der Waals surface area contributed by atoms with Gasteiger partial charge in [-0.25, -0.2) is 4.79 Å². The van der Waals surface area contributed by atoms with Crippen molar-refractivity contribution in [2.24, 2.45) is 41.1 Å². The number of rotatable bonds is 36. The lowest BCUT2D eigenvalue weighted by Gasteiger charge is -2.33. The first-order chi connectivity index (χ1) is 40.1. The van der Waals surface area contributed by atoms with Crippen molar-refractivity contribution < 1.29 is 82.8 Å². The minimum Gasteiger partial charge on any atom is -0.480 e. The Balaban J connectivity index is 2.25. The van der Waals surface area contributed by atoms with Crippen LogP contribution in [-0.2, 0) is 62.3 Å². The number of aliphatic hydroxyl groups excluding tert-OH is 3. The van der Waals surface area contributed by atoms with Gasteiger partial charge in [-0.15, -0.1) is 0 Å². The monoisotopic (exact) mass is 1220 g/mol. The summed E-state index contributed by atoms with van der Waals surface area (Å²) in [5.74, 6) is -12.5. The number of aliphatic carboxylic acids is 1. The van der Waals surface area contributed by atoms with Gasteiger partial charge in [0, 0.05) is 19.5 Å². The Bertz CT molecular complexity index is 2370. The molecule has 0 saturated carbocycles. The second-order valence-electron chi connectivity index (χ2n) is 24.3. The van der Waals surface area contributed by atoms with Crippen molar-refractivity contribution in [3.8, 4) is 0 Å². The predicted octanol–water partition coefficient (Wildman–Crippen LogP) is -4.15. The van der Waals surface area contributed by atoms with Crippen LogP contribution in [0.3, 0.4) is 0 Å². The maximum absolute atomic E-state index is 14.2. The van der Waals surface area contributed by atoms with Crippen LogP contribution in [0.2, 0.25) is 0 Å². The van der Waals surface area contributed by atoms with Crippen LogP contribution in [0.15, 0.2) is 0 Å². The van der Waals surface area contributed by atoms with E-state index in [0.29, 0.717) is 12.8 Å². The van der Waals surface area contributed by atoms with E-state index in [1.54, 1.807) is 69.2 Å². The molecule has 2 saturated heterocycles. The van der Waals surface area contributed by atoms with Gasteiger partial charge < -0.3 is 89.5 Å². The summed E-state index contributed by atoms with van der Waals surface area (Å²) in [6.07, 6.45) is -1.00. The van der Waals surface area contributed by atoms with Crippen LogP contribution >= 0.6 is 0 Å². The summed E-state index contributed by atoms with van der Waals surface area (Å²) in [6, 6.07) is -14.6. The number of carbonyl (C=O) groups excluding carboxylic acids is 12. The molecule has 2 rings (SSSR count). The lowest BCUT2D eigenvalue weighted by atomic mass is 9.99. The SMILES string of the molecule is CC(C)C[C@H](NC(=O)[C@H](CC(C)C)NC(=O)[C@H](CCC(N)=O)NC(=O)CNC(=O)[C@H](CC(C)C)NC(=O)[C@@H](NC(=O)[C@H](CC(C)C)NC(=O)[C@@H]1CCCN1C(=O)[C@@H]1CCCN1C(=O)[C@H](CO)NC(=O)[C@@H](N)C(C)C)[C@@H](C)O)C(=O)N[C@@H](CO)C(=O)O. The molecule has 0 bridgehead atoms. The standard InChI is InChI=1S/C56H97N13O17/c1-27(2)20-34(46(75)59-24-43(74)60-33(16-17-42(57)73)47(76)61-35(21-28(3)4)48(77)62-36(22-29(5)6)49(78)66-39(26-71)56(85)86)64-53(82)45(32(11)72)67-50(79)37(23-30(7)8)63-51(80)40-14-12-18-68(40)55(84)41-15-13-19-69(41)54(83)38(25-70)65-52(81)44(58)31(9)10/h27-41,44-45,70-72H,12-26,58H2,1-11H3,(H2,57,73)(H,59,75)(H,60,74)(H,61,76)(H,62,77)(H,63,80)(H,64,82)(H,65,81)(H,66,78)(H,67,79)(H,85,86)/t32-,33+,34+,35+,36+,37+,38+,39+,40+,41+,44+,45+/m1/s1. The molecule has 0 radical (unpaired) electrons. The van der Waals surface area contributed by atoms with Crippen molar-refractivity contribution in [3.05, 3.63) is 0 Å².